The van der Waals surface area contributed by atoms with Crippen LogP contribution in [0.4, 0.5) is 4.39 Å². The van der Waals surface area contributed by atoms with Gasteiger partial charge in [-0.1, -0.05) is 18.2 Å². The average Bonchev–Trinajstić information content (AvgIpc) is 2.58. The second-order valence-corrected chi connectivity index (χ2v) is 5.09. The molecule has 4 nitrogen and oxygen atoms in total. The molecular weight excluding hydrogens is 309 g/mol. The van der Waals surface area contributed by atoms with Crippen LogP contribution in [0, 0.1) is 17.1 Å². The van der Waals surface area contributed by atoms with Crippen LogP contribution >= 0.6 is 0 Å². The van der Waals surface area contributed by atoms with Crippen LogP contribution in [0.15, 0.2) is 54.6 Å². The van der Waals surface area contributed by atoms with Gasteiger partial charge in [0, 0.05) is 12.1 Å². The molecule has 0 fully saturated rings. The van der Waals surface area contributed by atoms with Gasteiger partial charge in [-0.25, -0.2) is 9.18 Å². The molecule has 0 saturated carbocycles. The van der Waals surface area contributed by atoms with E-state index < -0.39 is 12.1 Å². The zero-order chi connectivity index (χ0) is 17.4. The number of ether oxygens (including phenoxy) is 2. The minimum atomic E-state index is -0.521. The Kier molecular flexibility index (Phi) is 6.09. The number of benzene rings is 2. The van der Waals surface area contributed by atoms with Crippen molar-refractivity contribution in [3.05, 3.63) is 71.6 Å². The van der Waals surface area contributed by atoms with E-state index in [9.17, 15) is 9.18 Å². The molecule has 0 aliphatic rings. The normalized spacial score (nSPS) is 11.7. The monoisotopic (exact) mass is 325 g/mol. The largest absolute Gasteiger partial charge is 0.490 e. The predicted octanol–water partition coefficient (Wildman–Crippen LogP) is 3.72. The van der Waals surface area contributed by atoms with E-state index in [4.69, 9.17) is 14.7 Å². The average molecular weight is 325 g/mol. The molecule has 0 aliphatic carbocycles. The fourth-order valence-corrected chi connectivity index (χ4v) is 1.92. The Bertz CT molecular complexity index is 780. The lowest BCUT2D eigenvalue weighted by Crippen LogP contribution is -2.20. The van der Waals surface area contributed by atoms with Gasteiger partial charge in [-0.05, 0) is 42.8 Å². The van der Waals surface area contributed by atoms with Crippen LogP contribution in [-0.4, -0.2) is 18.7 Å². The highest BCUT2D eigenvalue weighted by Crippen LogP contribution is 2.12. The molecule has 5 heteroatoms. The lowest BCUT2D eigenvalue weighted by atomic mass is 10.1. The van der Waals surface area contributed by atoms with E-state index in [1.165, 1.54) is 18.2 Å². The van der Waals surface area contributed by atoms with Gasteiger partial charge in [0.25, 0.3) is 0 Å². The molecule has 0 N–H and O–H groups in total. The van der Waals surface area contributed by atoms with Crippen molar-refractivity contribution in [3.8, 4) is 11.8 Å². The molecule has 24 heavy (non-hydrogen) atoms. The summed E-state index contributed by atoms with van der Waals surface area (Å²) in [6.45, 7) is 1.80. The molecular formula is C19H16FNO3. The van der Waals surface area contributed by atoms with E-state index in [1.807, 2.05) is 6.07 Å². The molecule has 0 radical (unpaired) electrons. The van der Waals surface area contributed by atoms with E-state index in [2.05, 4.69) is 0 Å². The molecule has 0 spiro atoms. The van der Waals surface area contributed by atoms with E-state index in [0.717, 1.165) is 5.56 Å². The molecule has 0 heterocycles. The van der Waals surface area contributed by atoms with Crippen LogP contribution in [0.5, 0.6) is 5.75 Å². The predicted molar refractivity (Wildman–Crippen MR) is 87.6 cm³/mol. The Morgan fingerprint density at radius 2 is 2.08 bits per heavy atom. The highest BCUT2D eigenvalue weighted by atomic mass is 19.1. The second-order valence-electron chi connectivity index (χ2n) is 5.09. The van der Waals surface area contributed by atoms with Gasteiger partial charge >= 0.3 is 5.97 Å². The zero-order valence-electron chi connectivity index (χ0n) is 13.1. The van der Waals surface area contributed by atoms with Crippen LogP contribution in [0.1, 0.15) is 18.1 Å². The third-order valence-electron chi connectivity index (χ3n) is 3.03. The number of hydrogen-bond donors (Lipinski definition) is 0. The van der Waals surface area contributed by atoms with Crippen molar-refractivity contribution in [1.82, 2.24) is 0 Å². The van der Waals surface area contributed by atoms with Crippen molar-refractivity contribution < 1.29 is 18.7 Å². The summed E-state index contributed by atoms with van der Waals surface area (Å²) in [4.78, 5) is 11.8. The fourth-order valence-electron chi connectivity index (χ4n) is 1.92. The maximum absolute atomic E-state index is 13.0. The fraction of sp³-hybridized carbons (Fsp3) is 0.158. The van der Waals surface area contributed by atoms with Crippen molar-refractivity contribution in [3.63, 3.8) is 0 Å². The van der Waals surface area contributed by atoms with Crippen LogP contribution in [-0.2, 0) is 9.53 Å². The van der Waals surface area contributed by atoms with Gasteiger partial charge in [-0.15, -0.1) is 0 Å². The lowest BCUT2D eigenvalue weighted by Gasteiger charge is -2.13. The molecule has 0 amide bonds. The number of carbonyl (C=O) groups is 1. The Hall–Kier alpha value is -3.13. The molecule has 0 bridgehead atoms. The molecule has 2 rings (SSSR count). The maximum Gasteiger partial charge on any atom is 0.331 e. The minimum Gasteiger partial charge on any atom is -0.490 e. The number of hydrogen-bond acceptors (Lipinski definition) is 4. The van der Waals surface area contributed by atoms with Gasteiger partial charge in [-0.2, -0.15) is 5.26 Å². The first-order valence-corrected chi connectivity index (χ1v) is 7.34. The molecule has 0 aliphatic heterocycles. The minimum absolute atomic E-state index is 0.118. The molecule has 2 aromatic carbocycles. The highest BCUT2D eigenvalue weighted by Gasteiger charge is 2.08. The Morgan fingerprint density at radius 3 is 2.83 bits per heavy atom. The quantitative estimate of drug-likeness (QED) is 0.600. The second kappa shape index (κ2) is 8.49. The summed E-state index contributed by atoms with van der Waals surface area (Å²) in [6, 6.07) is 14.6. The summed E-state index contributed by atoms with van der Waals surface area (Å²) in [5.41, 5.74) is 1.25. The number of carbonyl (C=O) groups excluding carboxylic acids is 1. The summed E-state index contributed by atoms with van der Waals surface area (Å²) >= 11 is 0. The number of esters is 1. The SMILES string of the molecule is CC(COc1cccc(F)c1)OC(=O)/C=C/c1cccc(C#N)c1. The van der Waals surface area contributed by atoms with Gasteiger partial charge in [0.05, 0.1) is 11.6 Å². The van der Waals surface area contributed by atoms with Gasteiger partial charge in [0.15, 0.2) is 0 Å². The highest BCUT2D eigenvalue weighted by molar-refractivity contribution is 5.87. The summed E-state index contributed by atoms with van der Waals surface area (Å²) in [5, 5.41) is 8.83. The number of halogens is 1. The summed E-state index contributed by atoms with van der Waals surface area (Å²) < 4.78 is 23.6. The summed E-state index contributed by atoms with van der Waals surface area (Å²) in [5.74, 6) is -0.533. The van der Waals surface area contributed by atoms with Crippen molar-refractivity contribution in [2.45, 2.75) is 13.0 Å². The van der Waals surface area contributed by atoms with Crippen LogP contribution < -0.4 is 4.74 Å². The van der Waals surface area contributed by atoms with Crippen LogP contribution in [0.2, 0.25) is 0 Å². The Morgan fingerprint density at radius 1 is 1.29 bits per heavy atom. The Balaban J connectivity index is 1.82. The maximum atomic E-state index is 13.0. The number of nitriles is 1. The summed E-state index contributed by atoms with van der Waals surface area (Å²) in [7, 11) is 0. The molecule has 2 aromatic rings. The van der Waals surface area contributed by atoms with Gasteiger partial charge < -0.3 is 9.47 Å². The molecule has 1 atom stereocenters. The topological polar surface area (TPSA) is 59.3 Å². The van der Waals surface area contributed by atoms with E-state index >= 15 is 0 Å². The standard InChI is InChI=1S/C19H16FNO3/c1-14(13-23-18-7-3-6-17(20)11-18)24-19(22)9-8-15-4-2-5-16(10-15)12-21/h2-11,14H,13H2,1H3/b9-8+. The first kappa shape index (κ1) is 17.2. The van der Waals surface area contributed by atoms with Crippen molar-refractivity contribution in [2.24, 2.45) is 0 Å². The van der Waals surface area contributed by atoms with E-state index in [1.54, 1.807) is 49.4 Å². The van der Waals surface area contributed by atoms with Crippen LogP contribution in [0.25, 0.3) is 6.08 Å². The van der Waals surface area contributed by atoms with Gasteiger partial charge in [0.2, 0.25) is 0 Å². The summed E-state index contributed by atoms with van der Waals surface area (Å²) in [6.07, 6.45) is 2.37. The smallest absolute Gasteiger partial charge is 0.331 e. The van der Waals surface area contributed by atoms with Gasteiger partial charge in [-0.3, -0.25) is 0 Å². The number of rotatable bonds is 6. The third-order valence-corrected chi connectivity index (χ3v) is 3.03. The molecule has 0 aromatic heterocycles. The molecule has 1 unspecified atom stereocenters. The van der Waals surface area contributed by atoms with Crippen molar-refractivity contribution in [2.75, 3.05) is 6.61 Å². The van der Waals surface area contributed by atoms with E-state index in [0.29, 0.717) is 11.3 Å². The zero-order valence-corrected chi connectivity index (χ0v) is 13.1. The van der Waals surface area contributed by atoms with Crippen molar-refractivity contribution in [1.29, 1.82) is 5.26 Å². The first-order chi connectivity index (χ1) is 11.6. The van der Waals surface area contributed by atoms with Gasteiger partial charge in [0.1, 0.15) is 24.3 Å². The molecule has 122 valence electrons. The van der Waals surface area contributed by atoms with Crippen LogP contribution in [0.3, 0.4) is 0 Å². The first-order valence-electron chi connectivity index (χ1n) is 7.34. The lowest BCUT2D eigenvalue weighted by molar-refractivity contribution is -0.143. The third kappa shape index (κ3) is 5.58. The van der Waals surface area contributed by atoms with E-state index in [-0.39, 0.29) is 12.4 Å². The van der Waals surface area contributed by atoms with Crippen molar-refractivity contribution >= 4 is 12.0 Å². The molecule has 0 saturated heterocycles. The Labute approximate surface area is 139 Å². The number of nitrogens with zero attached hydrogens (tertiary/aromatic N) is 1.